The van der Waals surface area contributed by atoms with Crippen LogP contribution in [0.15, 0.2) is 12.1 Å². The van der Waals surface area contributed by atoms with Gasteiger partial charge in [0.15, 0.2) is 40.5 Å². The number of halogens is 3. The molecule has 4 N–H and O–H groups in total. The molecule has 2 saturated carbocycles. The molecule has 39 heavy (non-hydrogen) atoms. The number of amides is 1. The summed E-state index contributed by atoms with van der Waals surface area (Å²) < 4.78 is 41.5. The number of primary amides is 1. The van der Waals surface area contributed by atoms with E-state index in [1.54, 1.807) is 14.1 Å². The lowest BCUT2D eigenvalue weighted by Crippen LogP contribution is -2.74. The number of carbonyl (C=O) groups excluding carboxylic acids is 5. The Kier molecular flexibility index (Phi) is 7.07. The molecule has 2 unspecified atom stereocenters. The lowest BCUT2D eigenvalue weighted by Gasteiger charge is -2.52. The van der Waals surface area contributed by atoms with Crippen LogP contribution in [0.5, 0.6) is 5.75 Å². The molecule has 0 aliphatic heterocycles. The van der Waals surface area contributed by atoms with Crippen molar-refractivity contribution in [1.29, 1.82) is 0 Å². The Balaban J connectivity index is 1.94. The zero-order valence-corrected chi connectivity index (χ0v) is 21.6. The highest BCUT2D eigenvalue weighted by atomic mass is 19.3. The van der Waals surface area contributed by atoms with Gasteiger partial charge in [0.05, 0.1) is 17.5 Å². The number of phenols is 1. The second-order valence-electron chi connectivity index (χ2n) is 10.9. The van der Waals surface area contributed by atoms with E-state index in [0.29, 0.717) is 0 Å². The first-order chi connectivity index (χ1) is 18.0. The molecule has 3 aliphatic carbocycles. The number of nitrogens with zero attached hydrogens (tertiary/aromatic N) is 2. The van der Waals surface area contributed by atoms with Crippen molar-refractivity contribution in [3.8, 4) is 5.75 Å². The van der Waals surface area contributed by atoms with E-state index in [4.69, 9.17) is 5.73 Å². The van der Waals surface area contributed by atoms with E-state index in [1.165, 1.54) is 23.9 Å². The predicted molar refractivity (Wildman–Crippen MR) is 129 cm³/mol. The highest BCUT2D eigenvalue weighted by Crippen LogP contribution is 2.52. The normalized spacial score (nSPS) is 30.3. The van der Waals surface area contributed by atoms with Crippen molar-refractivity contribution in [1.82, 2.24) is 9.80 Å². The van der Waals surface area contributed by atoms with E-state index < -0.39 is 93.1 Å². The van der Waals surface area contributed by atoms with Gasteiger partial charge in [-0.1, -0.05) is 0 Å². The van der Waals surface area contributed by atoms with Gasteiger partial charge >= 0.3 is 6.08 Å². The monoisotopic (exact) mass is 551 g/mol. The first-order valence-electron chi connectivity index (χ1n) is 12.1. The average molecular weight is 552 g/mol. The largest absolute Gasteiger partial charge is 0.507 e. The van der Waals surface area contributed by atoms with Gasteiger partial charge in [-0.05, 0) is 58.6 Å². The number of hydrogen-bond acceptors (Lipinski definition) is 9. The molecule has 1 aromatic rings. The Labute approximate surface area is 221 Å². The van der Waals surface area contributed by atoms with Crippen LogP contribution >= 0.6 is 0 Å². The molecule has 0 radical (unpaired) electrons. The Hall–Kier alpha value is -3.42. The first-order valence-corrected chi connectivity index (χ1v) is 12.1. The quantitative estimate of drug-likeness (QED) is 0.442. The molecule has 3 aliphatic rings. The van der Waals surface area contributed by atoms with Gasteiger partial charge in [0.1, 0.15) is 5.75 Å². The standard InChI is InChI=1S/C26H28F3N3O7/c1-31(2)8-10-6-12(17(27)24(28)29)11-5-9-7-13-18(32(3)4)21(35)16(25(30)38)23(37)26(13,39)22(36)14(9)20(34)15(11)19(10)33/h6,9,13-14,16,18,33,39H,5,7-8H2,1-4H3,(H2,30,38)/t9-,13-,14?,16?,18-,26-/m0/s1. The molecular formula is C26H28F3N3O7. The first kappa shape index (κ1) is 28.6. The molecule has 10 nitrogen and oxygen atoms in total. The van der Waals surface area contributed by atoms with Gasteiger partial charge in [-0.15, -0.1) is 0 Å². The number of fused-ring (bicyclic) bond motifs is 3. The number of likely N-dealkylation sites (N-methyl/N-ethyl adjacent to an activating group) is 1. The third kappa shape index (κ3) is 4.10. The average Bonchev–Trinajstić information content (AvgIpc) is 2.81. The Morgan fingerprint density at radius 2 is 1.72 bits per heavy atom. The van der Waals surface area contributed by atoms with E-state index in [1.807, 2.05) is 0 Å². The smallest absolute Gasteiger partial charge is 0.306 e. The Morgan fingerprint density at radius 1 is 1.10 bits per heavy atom. The van der Waals surface area contributed by atoms with Crippen LogP contribution in [0.2, 0.25) is 0 Å². The molecule has 0 bridgehead atoms. The second kappa shape index (κ2) is 9.65. The van der Waals surface area contributed by atoms with Crippen molar-refractivity contribution in [3.63, 3.8) is 0 Å². The lowest BCUT2D eigenvalue weighted by molar-refractivity contribution is -0.181. The number of phenolic OH excluding ortho intramolecular Hbond substituents is 1. The van der Waals surface area contributed by atoms with Gasteiger partial charge in [-0.2, -0.15) is 8.78 Å². The zero-order chi connectivity index (χ0) is 29.3. The Morgan fingerprint density at radius 3 is 2.23 bits per heavy atom. The van der Waals surface area contributed by atoms with Crippen LogP contribution in [0.1, 0.15) is 33.5 Å². The van der Waals surface area contributed by atoms with Crippen LogP contribution in [-0.2, 0) is 32.1 Å². The van der Waals surface area contributed by atoms with E-state index in [0.717, 1.165) is 6.07 Å². The molecule has 0 saturated heterocycles. The number of rotatable bonds is 5. The van der Waals surface area contributed by atoms with Crippen LogP contribution in [-0.4, -0.2) is 88.9 Å². The predicted octanol–water partition coefficient (Wildman–Crippen LogP) is 0.463. The van der Waals surface area contributed by atoms with Crippen LogP contribution in [0.4, 0.5) is 13.2 Å². The third-order valence-corrected chi connectivity index (χ3v) is 8.03. The van der Waals surface area contributed by atoms with E-state index in [2.05, 4.69) is 0 Å². The van der Waals surface area contributed by atoms with Crippen LogP contribution in [0.3, 0.4) is 0 Å². The van der Waals surface area contributed by atoms with E-state index in [-0.39, 0.29) is 30.5 Å². The van der Waals surface area contributed by atoms with Crippen molar-refractivity contribution in [2.45, 2.75) is 31.0 Å². The fraction of sp³-hybridized carbons (Fsp3) is 0.500. The van der Waals surface area contributed by atoms with Gasteiger partial charge in [-0.25, -0.2) is 4.39 Å². The van der Waals surface area contributed by atoms with Gasteiger partial charge in [0.2, 0.25) is 5.91 Å². The molecule has 210 valence electrons. The molecule has 2 fully saturated rings. The number of hydrogen-bond donors (Lipinski definition) is 3. The van der Waals surface area contributed by atoms with Crippen molar-refractivity contribution in [2.75, 3.05) is 28.2 Å². The number of benzene rings is 1. The lowest BCUT2D eigenvalue weighted by atomic mass is 9.52. The molecule has 0 aromatic heterocycles. The minimum Gasteiger partial charge on any atom is -0.507 e. The molecule has 0 spiro atoms. The zero-order valence-electron chi connectivity index (χ0n) is 21.6. The number of ketones is 4. The second-order valence-corrected chi connectivity index (χ2v) is 10.9. The maximum Gasteiger partial charge on any atom is 0.306 e. The number of Topliss-reactive ketones (excluding diaryl/α,β-unsaturated/α-hetero) is 4. The van der Waals surface area contributed by atoms with Crippen LogP contribution < -0.4 is 5.73 Å². The molecule has 0 heterocycles. The van der Waals surface area contributed by atoms with Crippen molar-refractivity contribution in [3.05, 3.63) is 34.4 Å². The summed E-state index contributed by atoms with van der Waals surface area (Å²) in [5.41, 5.74) is 0.889. The highest BCUT2D eigenvalue weighted by molar-refractivity contribution is 6.32. The minimum atomic E-state index is -2.92. The molecule has 13 heteroatoms. The van der Waals surface area contributed by atoms with E-state index in [9.17, 15) is 47.4 Å². The van der Waals surface area contributed by atoms with Crippen molar-refractivity contribution >= 4 is 34.9 Å². The van der Waals surface area contributed by atoms with Gasteiger partial charge < -0.3 is 20.8 Å². The summed E-state index contributed by atoms with van der Waals surface area (Å²) in [5.74, 6) is -14.8. The summed E-state index contributed by atoms with van der Waals surface area (Å²) in [4.78, 5) is 68.9. The summed E-state index contributed by atoms with van der Waals surface area (Å²) >= 11 is 0. The molecule has 6 atom stereocenters. The summed E-state index contributed by atoms with van der Waals surface area (Å²) in [6.07, 6.45) is -3.26. The number of aliphatic hydroxyl groups is 1. The molecule has 1 amide bonds. The fourth-order valence-electron chi connectivity index (χ4n) is 6.49. The number of nitrogens with two attached hydrogens (primary N) is 1. The summed E-state index contributed by atoms with van der Waals surface area (Å²) in [6, 6.07) is -0.299. The topological polar surface area (TPSA) is 158 Å². The Bertz CT molecular complexity index is 1350. The number of carbonyl (C=O) groups is 5. The van der Waals surface area contributed by atoms with Gasteiger partial charge in [0.25, 0.3) is 0 Å². The summed E-state index contributed by atoms with van der Waals surface area (Å²) in [6.45, 7) is -0.0694. The molecule has 1 aromatic carbocycles. The van der Waals surface area contributed by atoms with Crippen LogP contribution in [0, 0.1) is 23.7 Å². The maximum atomic E-state index is 14.7. The highest BCUT2D eigenvalue weighted by Gasteiger charge is 2.69. The molecule has 4 rings (SSSR count). The van der Waals surface area contributed by atoms with Crippen molar-refractivity contribution in [2.24, 2.45) is 29.4 Å². The third-order valence-electron chi connectivity index (χ3n) is 8.03. The fourth-order valence-corrected chi connectivity index (χ4v) is 6.49. The summed E-state index contributed by atoms with van der Waals surface area (Å²) in [7, 11) is 6.04. The summed E-state index contributed by atoms with van der Waals surface area (Å²) in [5, 5.41) is 22.5. The minimum absolute atomic E-state index is 0.0578. The van der Waals surface area contributed by atoms with Crippen molar-refractivity contribution < 1.29 is 47.4 Å². The van der Waals surface area contributed by atoms with Gasteiger partial charge in [0, 0.05) is 23.6 Å². The van der Waals surface area contributed by atoms with Crippen LogP contribution in [0.25, 0.3) is 5.83 Å². The maximum absolute atomic E-state index is 14.7. The number of aromatic hydroxyl groups is 1. The van der Waals surface area contributed by atoms with E-state index >= 15 is 0 Å². The van der Waals surface area contributed by atoms with Gasteiger partial charge in [-0.3, -0.25) is 28.9 Å². The SMILES string of the molecule is CN(C)Cc1cc(C(F)=C(F)F)c2c(c1O)C(=O)C1C(=O)[C@]3(O)C(=O)C(C(N)=O)C(=O)[C@@H](N(C)C)[C@@H]3C[C@@H]1C2. The molecular weight excluding hydrogens is 523 g/mol.